The number of rotatable bonds is 7. The summed E-state index contributed by atoms with van der Waals surface area (Å²) >= 11 is 6.96. The maximum absolute atomic E-state index is 13.7. The number of aromatic nitrogens is 3. The van der Waals surface area contributed by atoms with Crippen LogP contribution in [-0.4, -0.2) is 45.5 Å². The van der Waals surface area contributed by atoms with Crippen molar-refractivity contribution in [3.63, 3.8) is 0 Å². The van der Waals surface area contributed by atoms with Crippen molar-refractivity contribution in [3.05, 3.63) is 51.9 Å². The molecule has 12 heteroatoms. The van der Waals surface area contributed by atoms with Crippen molar-refractivity contribution >= 4 is 34.0 Å². The lowest BCUT2D eigenvalue weighted by molar-refractivity contribution is -0.138. The molecule has 1 N–H and O–H groups in total. The molecule has 3 heterocycles. The lowest BCUT2D eigenvalue weighted by Crippen LogP contribution is -2.28. The van der Waals surface area contributed by atoms with E-state index in [9.17, 15) is 18.0 Å². The van der Waals surface area contributed by atoms with E-state index in [0.29, 0.717) is 23.8 Å². The van der Waals surface area contributed by atoms with Crippen molar-refractivity contribution in [2.75, 3.05) is 19.0 Å². The topological polar surface area (TPSA) is 80.2 Å². The molecule has 0 unspecified atom stereocenters. The van der Waals surface area contributed by atoms with Crippen molar-refractivity contribution in [3.8, 4) is 17.0 Å². The molecule has 1 amide bonds. The number of nitrogens with zero attached hydrogens (tertiary/aromatic N) is 4. The molecule has 1 aliphatic rings. The summed E-state index contributed by atoms with van der Waals surface area (Å²) in [7, 11) is 1.20. The second kappa shape index (κ2) is 10.5. The Morgan fingerprint density at radius 2 is 2.11 bits per heavy atom. The first-order valence-corrected chi connectivity index (χ1v) is 12.2. The van der Waals surface area contributed by atoms with Gasteiger partial charge >= 0.3 is 6.18 Å². The van der Waals surface area contributed by atoms with Crippen LogP contribution in [0.2, 0.25) is 5.15 Å². The van der Waals surface area contributed by atoms with Crippen molar-refractivity contribution in [1.29, 1.82) is 0 Å². The van der Waals surface area contributed by atoms with Gasteiger partial charge in [0.1, 0.15) is 16.6 Å². The smallest absolute Gasteiger partial charge is 0.419 e. The van der Waals surface area contributed by atoms with Crippen LogP contribution in [0.4, 0.5) is 18.3 Å². The minimum absolute atomic E-state index is 0.0436. The third kappa shape index (κ3) is 5.74. The van der Waals surface area contributed by atoms with Gasteiger partial charge in [0.05, 0.1) is 30.8 Å². The maximum Gasteiger partial charge on any atom is 0.419 e. The average molecular weight is 526 g/mol. The third-order valence-corrected chi connectivity index (χ3v) is 7.02. The molecule has 2 aromatic heterocycles. The number of carbonyl (C=O) groups excluding carboxylic acids is 1. The lowest BCUT2D eigenvalue weighted by Gasteiger charge is -2.23. The number of anilines is 1. The highest BCUT2D eigenvalue weighted by molar-refractivity contribution is 7.16. The molecule has 3 aromatic rings. The second-order valence-corrected chi connectivity index (χ2v) is 9.53. The van der Waals surface area contributed by atoms with Gasteiger partial charge in [0.15, 0.2) is 5.13 Å². The summed E-state index contributed by atoms with van der Waals surface area (Å²) in [6, 6.07) is 4.26. The number of methoxy groups -OCH3 is 1. The zero-order chi connectivity index (χ0) is 25.2. The molecule has 35 heavy (non-hydrogen) atoms. The highest BCUT2D eigenvalue weighted by Gasteiger charge is 2.35. The minimum atomic E-state index is -4.59. The molecule has 0 radical (unpaired) electrons. The zero-order valence-electron chi connectivity index (χ0n) is 19.0. The fraction of sp³-hybridized carbons (Fsp3) is 0.391. The van der Waals surface area contributed by atoms with Crippen LogP contribution in [-0.2, 0) is 12.7 Å². The van der Waals surface area contributed by atoms with Gasteiger partial charge in [0.2, 0.25) is 0 Å². The first-order valence-electron chi connectivity index (χ1n) is 11.0. The first-order chi connectivity index (χ1) is 16.7. The number of alkyl halides is 3. The number of hydrogen-bond donors (Lipinski definition) is 1. The van der Waals surface area contributed by atoms with Gasteiger partial charge < -0.3 is 4.74 Å². The van der Waals surface area contributed by atoms with Gasteiger partial charge in [0, 0.05) is 23.0 Å². The molecule has 0 saturated carbocycles. The molecule has 7 nitrogen and oxygen atoms in total. The van der Waals surface area contributed by atoms with Gasteiger partial charge in [-0.15, -0.1) is 0 Å². The summed E-state index contributed by atoms with van der Waals surface area (Å²) in [5.41, 5.74) is -0.154. The van der Waals surface area contributed by atoms with Crippen molar-refractivity contribution in [2.45, 2.75) is 44.9 Å². The molecule has 0 bridgehead atoms. The summed E-state index contributed by atoms with van der Waals surface area (Å²) in [5.74, 6) is -0.808. The number of likely N-dealkylation sites (tertiary alicyclic amines) is 1. The minimum Gasteiger partial charge on any atom is -0.496 e. The monoisotopic (exact) mass is 525 g/mol. The third-order valence-electron chi connectivity index (χ3n) is 5.87. The SMILES string of the molecule is CC[C@@H]1CCCN1Cc1sc(NC(=O)c2cnc(Cl)cn2)nc1-c1ccc(OC)c(C(F)(F)F)c1. The number of thiazole rings is 1. The average Bonchev–Trinajstić information content (AvgIpc) is 3.45. The van der Waals surface area contributed by atoms with Crippen molar-refractivity contribution in [2.24, 2.45) is 0 Å². The van der Waals surface area contributed by atoms with Crippen molar-refractivity contribution < 1.29 is 22.7 Å². The van der Waals surface area contributed by atoms with Gasteiger partial charge in [-0.2, -0.15) is 13.2 Å². The Morgan fingerprint density at radius 3 is 2.77 bits per heavy atom. The van der Waals surface area contributed by atoms with Crippen LogP contribution in [0.5, 0.6) is 5.75 Å². The molecular weight excluding hydrogens is 503 g/mol. The van der Waals surface area contributed by atoms with E-state index in [1.807, 2.05) is 0 Å². The van der Waals surface area contributed by atoms with E-state index in [4.69, 9.17) is 16.3 Å². The maximum atomic E-state index is 13.7. The van der Waals surface area contributed by atoms with E-state index in [1.54, 1.807) is 6.07 Å². The number of amides is 1. The highest BCUT2D eigenvalue weighted by atomic mass is 35.5. The number of benzene rings is 1. The predicted molar refractivity (Wildman–Crippen MR) is 128 cm³/mol. The number of nitrogens with one attached hydrogen (secondary N) is 1. The van der Waals surface area contributed by atoms with Gasteiger partial charge in [-0.3, -0.25) is 15.0 Å². The Labute approximate surface area is 209 Å². The lowest BCUT2D eigenvalue weighted by atomic mass is 10.1. The van der Waals surface area contributed by atoms with Crippen LogP contribution in [0, 0.1) is 0 Å². The summed E-state index contributed by atoms with van der Waals surface area (Å²) in [5, 5.41) is 3.09. The van der Waals surface area contributed by atoms with Gasteiger partial charge in [-0.1, -0.05) is 29.9 Å². The number of hydrogen-bond acceptors (Lipinski definition) is 7. The molecule has 0 spiro atoms. The van der Waals surface area contributed by atoms with Gasteiger partial charge in [-0.05, 0) is 44.0 Å². The summed E-state index contributed by atoms with van der Waals surface area (Å²) in [6.07, 6.45) is 1.01. The van der Waals surface area contributed by atoms with Crippen LogP contribution in [0.1, 0.15) is 47.1 Å². The summed E-state index contributed by atoms with van der Waals surface area (Å²) < 4.78 is 45.9. The predicted octanol–water partition coefficient (Wildman–Crippen LogP) is 5.91. The van der Waals surface area contributed by atoms with E-state index in [1.165, 1.54) is 36.9 Å². The molecule has 1 aromatic carbocycles. The van der Waals surface area contributed by atoms with E-state index < -0.39 is 17.6 Å². The van der Waals surface area contributed by atoms with Crippen LogP contribution in [0.25, 0.3) is 11.3 Å². The van der Waals surface area contributed by atoms with Crippen LogP contribution in [0.15, 0.2) is 30.6 Å². The van der Waals surface area contributed by atoms with Crippen molar-refractivity contribution in [1.82, 2.24) is 19.9 Å². The largest absolute Gasteiger partial charge is 0.496 e. The van der Waals surface area contributed by atoms with Gasteiger partial charge in [-0.25, -0.2) is 15.0 Å². The van der Waals surface area contributed by atoms with Crippen LogP contribution >= 0.6 is 22.9 Å². The molecule has 1 atom stereocenters. The fourth-order valence-corrected chi connectivity index (χ4v) is 5.26. The van der Waals surface area contributed by atoms with E-state index in [0.717, 1.165) is 36.8 Å². The summed E-state index contributed by atoms with van der Waals surface area (Å²) in [4.78, 5) is 28.0. The Morgan fingerprint density at radius 1 is 1.31 bits per heavy atom. The quantitative estimate of drug-likeness (QED) is 0.413. The normalized spacial score (nSPS) is 16.5. The first kappa shape index (κ1) is 25.3. The number of ether oxygens (including phenoxy) is 1. The second-order valence-electron chi connectivity index (χ2n) is 8.06. The van der Waals surface area contributed by atoms with E-state index in [-0.39, 0.29) is 21.7 Å². The molecule has 186 valence electrons. The molecular formula is C23H23ClF3N5O2S. The number of carbonyl (C=O) groups is 1. The Balaban J connectivity index is 1.71. The summed E-state index contributed by atoms with van der Waals surface area (Å²) in [6.45, 7) is 3.54. The zero-order valence-corrected chi connectivity index (χ0v) is 20.6. The standard InChI is InChI=1S/C23H23ClF3N5O2S/c1-3-14-5-4-8-32(14)12-18-20(13-6-7-17(34-2)15(9-13)23(25,26)27)30-22(35-18)31-21(33)16-10-29-19(24)11-28-16/h6-7,9-11,14H,3-5,8,12H2,1-2H3,(H,30,31,33)/t14-/m1/s1. The van der Waals surface area contributed by atoms with Crippen LogP contribution < -0.4 is 10.1 Å². The molecule has 1 fully saturated rings. The molecule has 1 saturated heterocycles. The van der Waals surface area contributed by atoms with E-state index in [2.05, 4.69) is 32.1 Å². The fourth-order valence-electron chi connectivity index (χ4n) is 4.16. The molecule has 4 rings (SSSR count). The van der Waals surface area contributed by atoms with E-state index >= 15 is 0 Å². The van der Waals surface area contributed by atoms with Gasteiger partial charge in [0.25, 0.3) is 5.91 Å². The Kier molecular flexibility index (Phi) is 7.58. The molecule has 1 aliphatic heterocycles. The molecule has 0 aliphatic carbocycles. The number of halogens is 4. The van der Waals surface area contributed by atoms with Crippen LogP contribution in [0.3, 0.4) is 0 Å². The highest BCUT2D eigenvalue weighted by Crippen LogP contribution is 2.41. The Hall–Kier alpha value is -2.76. The Bertz CT molecular complexity index is 1200.